The number of nitrogen functional groups attached to an aromatic ring is 1. The summed E-state index contributed by atoms with van der Waals surface area (Å²) in [6.07, 6.45) is 0. The van der Waals surface area contributed by atoms with E-state index in [0.717, 1.165) is 28.2 Å². The van der Waals surface area contributed by atoms with Gasteiger partial charge in [-0.05, 0) is 49.2 Å². The number of hydrogen-bond donors (Lipinski definition) is 2. The van der Waals surface area contributed by atoms with Crippen molar-refractivity contribution >= 4 is 5.84 Å². The highest BCUT2D eigenvalue weighted by atomic mass is 16.5. The molecule has 0 aliphatic rings. The SMILES string of the molecule is Cc1ccccc1Oc1ccc(C(=N)N)c(C)c1. The van der Waals surface area contributed by atoms with Crippen LogP contribution >= 0.6 is 0 Å². The van der Waals surface area contributed by atoms with Crippen LogP contribution in [0.3, 0.4) is 0 Å². The summed E-state index contributed by atoms with van der Waals surface area (Å²) < 4.78 is 5.81. The Bertz CT molecular complexity index is 591. The second kappa shape index (κ2) is 4.92. The standard InChI is InChI=1S/C15H16N2O/c1-10-5-3-4-6-14(10)18-12-7-8-13(15(16)17)11(2)9-12/h3-9H,1-2H3,(H3,16,17). The molecule has 0 radical (unpaired) electrons. The van der Waals surface area contributed by atoms with Crippen molar-refractivity contribution in [2.45, 2.75) is 13.8 Å². The lowest BCUT2D eigenvalue weighted by Crippen LogP contribution is -2.12. The van der Waals surface area contributed by atoms with E-state index in [1.165, 1.54) is 0 Å². The van der Waals surface area contributed by atoms with Crippen molar-refractivity contribution in [3.8, 4) is 11.5 Å². The van der Waals surface area contributed by atoms with Gasteiger partial charge in [0.2, 0.25) is 0 Å². The number of aryl methyl sites for hydroxylation is 2. The van der Waals surface area contributed by atoms with Gasteiger partial charge in [-0.1, -0.05) is 18.2 Å². The molecule has 3 N–H and O–H groups in total. The fraction of sp³-hybridized carbons (Fsp3) is 0.133. The summed E-state index contributed by atoms with van der Waals surface area (Å²) in [7, 11) is 0. The molecule has 2 aromatic rings. The van der Waals surface area contributed by atoms with Gasteiger partial charge in [0.15, 0.2) is 0 Å². The Morgan fingerprint density at radius 2 is 1.78 bits per heavy atom. The normalized spacial score (nSPS) is 10.1. The van der Waals surface area contributed by atoms with Crippen LogP contribution in [0.25, 0.3) is 0 Å². The van der Waals surface area contributed by atoms with Crippen LogP contribution < -0.4 is 10.5 Å². The molecule has 0 aliphatic carbocycles. The first-order valence-electron chi connectivity index (χ1n) is 5.76. The molecule has 0 aliphatic heterocycles. The Balaban J connectivity index is 2.29. The van der Waals surface area contributed by atoms with Gasteiger partial charge >= 0.3 is 0 Å². The van der Waals surface area contributed by atoms with Gasteiger partial charge in [0.1, 0.15) is 17.3 Å². The van der Waals surface area contributed by atoms with Crippen molar-refractivity contribution in [3.63, 3.8) is 0 Å². The van der Waals surface area contributed by atoms with Crippen LogP contribution in [-0.2, 0) is 0 Å². The van der Waals surface area contributed by atoms with Gasteiger partial charge in [0, 0.05) is 5.56 Å². The fourth-order valence-electron chi connectivity index (χ4n) is 1.80. The van der Waals surface area contributed by atoms with Gasteiger partial charge < -0.3 is 10.5 Å². The van der Waals surface area contributed by atoms with Crippen LogP contribution in [0.5, 0.6) is 11.5 Å². The maximum Gasteiger partial charge on any atom is 0.130 e. The average molecular weight is 240 g/mol. The zero-order chi connectivity index (χ0) is 13.1. The lowest BCUT2D eigenvalue weighted by Gasteiger charge is -2.10. The number of nitrogens with one attached hydrogen (secondary N) is 1. The molecule has 92 valence electrons. The van der Waals surface area contributed by atoms with E-state index in [1.807, 2.05) is 56.3 Å². The number of nitrogens with two attached hydrogens (primary N) is 1. The van der Waals surface area contributed by atoms with Gasteiger partial charge in [-0.2, -0.15) is 0 Å². The van der Waals surface area contributed by atoms with Gasteiger partial charge in [-0.25, -0.2) is 0 Å². The van der Waals surface area contributed by atoms with Crippen molar-refractivity contribution < 1.29 is 4.74 Å². The molecule has 0 fully saturated rings. The second-order valence-electron chi connectivity index (χ2n) is 4.26. The van der Waals surface area contributed by atoms with Gasteiger partial charge in [-0.15, -0.1) is 0 Å². The number of amidine groups is 1. The van der Waals surface area contributed by atoms with E-state index in [4.69, 9.17) is 15.9 Å². The first kappa shape index (κ1) is 12.2. The molecule has 0 amide bonds. The summed E-state index contributed by atoms with van der Waals surface area (Å²) in [6, 6.07) is 13.4. The minimum atomic E-state index is 0.0786. The fourth-order valence-corrected chi connectivity index (χ4v) is 1.80. The number of benzene rings is 2. The third-order valence-corrected chi connectivity index (χ3v) is 2.81. The highest BCUT2D eigenvalue weighted by Gasteiger charge is 2.05. The van der Waals surface area contributed by atoms with E-state index < -0.39 is 0 Å². The largest absolute Gasteiger partial charge is 0.457 e. The van der Waals surface area contributed by atoms with Crippen LogP contribution in [0.1, 0.15) is 16.7 Å². The Morgan fingerprint density at radius 1 is 1.06 bits per heavy atom. The molecule has 0 spiro atoms. The van der Waals surface area contributed by atoms with Crippen LogP contribution in [0, 0.1) is 19.3 Å². The summed E-state index contributed by atoms with van der Waals surface area (Å²) in [5.74, 6) is 1.68. The van der Waals surface area contributed by atoms with Crippen molar-refractivity contribution in [1.82, 2.24) is 0 Å². The maximum atomic E-state index is 7.44. The van der Waals surface area contributed by atoms with Gasteiger partial charge in [0.25, 0.3) is 0 Å². The predicted molar refractivity (Wildman–Crippen MR) is 73.4 cm³/mol. The molecule has 3 nitrogen and oxygen atoms in total. The van der Waals surface area contributed by atoms with E-state index in [-0.39, 0.29) is 5.84 Å². The monoisotopic (exact) mass is 240 g/mol. The van der Waals surface area contributed by atoms with Crippen LogP contribution in [-0.4, -0.2) is 5.84 Å². The summed E-state index contributed by atoms with van der Waals surface area (Å²) >= 11 is 0. The molecule has 0 aromatic heterocycles. The molecule has 18 heavy (non-hydrogen) atoms. The molecule has 2 rings (SSSR count). The average Bonchev–Trinajstić information content (AvgIpc) is 2.32. The third kappa shape index (κ3) is 2.51. The number of rotatable bonds is 3. The summed E-state index contributed by atoms with van der Waals surface area (Å²) in [6.45, 7) is 3.92. The number of hydrogen-bond acceptors (Lipinski definition) is 2. The first-order valence-corrected chi connectivity index (χ1v) is 5.76. The smallest absolute Gasteiger partial charge is 0.130 e. The molecule has 0 saturated heterocycles. The number of ether oxygens (including phenoxy) is 1. The zero-order valence-electron chi connectivity index (χ0n) is 10.5. The Morgan fingerprint density at radius 3 is 2.39 bits per heavy atom. The molecule has 2 aromatic carbocycles. The molecule has 0 atom stereocenters. The maximum absolute atomic E-state index is 7.44. The molecule has 0 saturated carbocycles. The van der Waals surface area contributed by atoms with Gasteiger partial charge in [-0.3, -0.25) is 5.41 Å². The third-order valence-electron chi connectivity index (χ3n) is 2.81. The molecule has 0 unspecified atom stereocenters. The summed E-state index contributed by atoms with van der Waals surface area (Å²) in [5, 5.41) is 7.44. The lowest BCUT2D eigenvalue weighted by atomic mass is 10.1. The van der Waals surface area contributed by atoms with E-state index in [1.54, 1.807) is 0 Å². The quantitative estimate of drug-likeness (QED) is 0.638. The molecule has 3 heteroatoms. The van der Waals surface area contributed by atoms with Crippen molar-refractivity contribution in [2.24, 2.45) is 5.73 Å². The Kier molecular flexibility index (Phi) is 3.33. The molecule has 0 heterocycles. The molecular weight excluding hydrogens is 224 g/mol. The summed E-state index contributed by atoms with van der Waals surface area (Å²) in [4.78, 5) is 0. The minimum Gasteiger partial charge on any atom is -0.457 e. The Labute approximate surface area is 107 Å². The zero-order valence-corrected chi connectivity index (χ0v) is 10.5. The van der Waals surface area contributed by atoms with Gasteiger partial charge in [0.05, 0.1) is 0 Å². The highest BCUT2D eigenvalue weighted by molar-refractivity contribution is 5.96. The highest BCUT2D eigenvalue weighted by Crippen LogP contribution is 2.26. The van der Waals surface area contributed by atoms with Crippen LogP contribution in [0.2, 0.25) is 0 Å². The van der Waals surface area contributed by atoms with Crippen molar-refractivity contribution in [3.05, 3.63) is 59.2 Å². The molecule has 0 bridgehead atoms. The topological polar surface area (TPSA) is 59.1 Å². The summed E-state index contributed by atoms with van der Waals surface area (Å²) in [5.41, 5.74) is 8.25. The predicted octanol–water partition coefficient (Wildman–Crippen LogP) is 3.38. The Hall–Kier alpha value is -2.29. The molecular formula is C15H16N2O. The van der Waals surface area contributed by atoms with E-state index >= 15 is 0 Å². The van der Waals surface area contributed by atoms with E-state index in [2.05, 4.69) is 0 Å². The lowest BCUT2D eigenvalue weighted by molar-refractivity contribution is 0.478. The van der Waals surface area contributed by atoms with E-state index in [0.29, 0.717) is 0 Å². The first-order chi connectivity index (χ1) is 8.58. The van der Waals surface area contributed by atoms with E-state index in [9.17, 15) is 0 Å². The van der Waals surface area contributed by atoms with Crippen molar-refractivity contribution in [2.75, 3.05) is 0 Å². The second-order valence-corrected chi connectivity index (χ2v) is 4.26. The number of para-hydroxylation sites is 1. The van der Waals surface area contributed by atoms with Crippen molar-refractivity contribution in [1.29, 1.82) is 5.41 Å². The minimum absolute atomic E-state index is 0.0786. The van der Waals surface area contributed by atoms with Crippen LogP contribution in [0.15, 0.2) is 42.5 Å². The van der Waals surface area contributed by atoms with Crippen LogP contribution in [0.4, 0.5) is 0 Å².